The van der Waals surface area contributed by atoms with Crippen molar-refractivity contribution < 1.29 is 0 Å². The molecule has 0 radical (unpaired) electrons. The molecule has 184 valence electrons. The topological polar surface area (TPSA) is 24.1 Å². The van der Waals surface area contributed by atoms with Gasteiger partial charge in [0.15, 0.2) is 0 Å². The molecule has 0 bridgehead atoms. The predicted octanol–water partition coefficient (Wildman–Crippen LogP) is 7.99. The van der Waals surface area contributed by atoms with Crippen molar-refractivity contribution in [2.45, 2.75) is 38.9 Å². The zero-order chi connectivity index (χ0) is 24.9. The van der Waals surface area contributed by atoms with E-state index in [0.717, 1.165) is 32.6 Å². The molecule has 0 saturated carbocycles. The summed E-state index contributed by atoms with van der Waals surface area (Å²) in [5.41, 5.74) is 5.48. The Hall–Kier alpha value is -3.72. The highest BCUT2D eigenvalue weighted by atomic mass is 14.9. The summed E-state index contributed by atoms with van der Waals surface area (Å²) in [7, 11) is 0. The van der Waals surface area contributed by atoms with Gasteiger partial charge >= 0.3 is 0 Å². The maximum Gasteiger partial charge on any atom is 0.0214 e. The standard InChI is InChI=1S/C35H34N2/c1-2-8-26(9-3-1)10-4-5-21-36-23-27-11-6-12-28(22-27)24-37-25-32-18-17-31-16-15-29-13-7-14-30-19-20-33(32)35(31)34(29)30/h1-3,6-9,11-20,22,36-37H,4-5,10,21,23-25H2. The van der Waals surface area contributed by atoms with Crippen LogP contribution in [0.2, 0.25) is 0 Å². The van der Waals surface area contributed by atoms with Gasteiger partial charge in [-0.25, -0.2) is 0 Å². The molecular formula is C35H34N2. The van der Waals surface area contributed by atoms with E-state index in [1.807, 2.05) is 0 Å². The van der Waals surface area contributed by atoms with Crippen molar-refractivity contribution in [3.05, 3.63) is 131 Å². The predicted molar refractivity (Wildman–Crippen MR) is 158 cm³/mol. The van der Waals surface area contributed by atoms with Gasteiger partial charge in [-0.1, -0.05) is 109 Å². The quantitative estimate of drug-likeness (QED) is 0.144. The average Bonchev–Trinajstić information content (AvgIpc) is 2.95. The van der Waals surface area contributed by atoms with Crippen molar-refractivity contribution in [2.75, 3.05) is 6.54 Å². The minimum Gasteiger partial charge on any atom is -0.313 e. The van der Waals surface area contributed by atoms with Gasteiger partial charge in [-0.15, -0.1) is 0 Å². The van der Waals surface area contributed by atoms with Crippen LogP contribution in [-0.4, -0.2) is 6.54 Å². The Morgan fingerprint density at radius 1 is 0.459 bits per heavy atom. The maximum absolute atomic E-state index is 3.70. The fourth-order valence-electron chi connectivity index (χ4n) is 5.60. The van der Waals surface area contributed by atoms with E-state index >= 15 is 0 Å². The van der Waals surface area contributed by atoms with Gasteiger partial charge in [-0.3, -0.25) is 0 Å². The Morgan fingerprint density at radius 2 is 1.11 bits per heavy atom. The lowest BCUT2D eigenvalue weighted by molar-refractivity contribution is 0.622. The minimum absolute atomic E-state index is 0.859. The molecule has 0 saturated heterocycles. The summed E-state index contributed by atoms with van der Waals surface area (Å²) in [5.74, 6) is 0. The van der Waals surface area contributed by atoms with Crippen molar-refractivity contribution in [3.63, 3.8) is 0 Å². The fourth-order valence-corrected chi connectivity index (χ4v) is 5.60. The summed E-state index contributed by atoms with van der Waals surface area (Å²) < 4.78 is 0. The van der Waals surface area contributed by atoms with Gasteiger partial charge < -0.3 is 10.6 Å². The molecule has 6 rings (SSSR count). The SMILES string of the molecule is c1ccc(CCCCNCc2cccc(CNCc3ccc4ccc5cccc6ccc3c4c56)c2)cc1. The van der Waals surface area contributed by atoms with Gasteiger partial charge in [0.1, 0.15) is 0 Å². The molecule has 0 atom stereocenters. The number of hydrogen-bond donors (Lipinski definition) is 2. The summed E-state index contributed by atoms with van der Waals surface area (Å²) in [4.78, 5) is 0. The first-order valence-corrected chi connectivity index (χ1v) is 13.5. The highest BCUT2D eigenvalue weighted by Gasteiger charge is 2.10. The van der Waals surface area contributed by atoms with E-state index < -0.39 is 0 Å². The maximum atomic E-state index is 3.70. The zero-order valence-electron chi connectivity index (χ0n) is 21.3. The second-order valence-corrected chi connectivity index (χ2v) is 10.1. The van der Waals surface area contributed by atoms with Crippen LogP contribution in [-0.2, 0) is 26.1 Å². The highest BCUT2D eigenvalue weighted by Crippen LogP contribution is 2.35. The molecule has 0 amide bonds. The van der Waals surface area contributed by atoms with Gasteiger partial charge in [-0.05, 0) is 80.4 Å². The Morgan fingerprint density at radius 3 is 1.92 bits per heavy atom. The van der Waals surface area contributed by atoms with E-state index in [1.165, 1.54) is 67.4 Å². The molecule has 0 aromatic heterocycles. The molecule has 0 aliphatic carbocycles. The summed E-state index contributed by atoms with van der Waals surface area (Å²) in [6.45, 7) is 3.71. The second-order valence-electron chi connectivity index (χ2n) is 10.1. The van der Waals surface area contributed by atoms with Crippen LogP contribution in [0.25, 0.3) is 32.3 Å². The van der Waals surface area contributed by atoms with Gasteiger partial charge in [-0.2, -0.15) is 0 Å². The third kappa shape index (κ3) is 5.36. The summed E-state index contributed by atoms with van der Waals surface area (Å²) in [6, 6.07) is 40.0. The molecule has 0 spiro atoms. The van der Waals surface area contributed by atoms with E-state index in [1.54, 1.807) is 0 Å². The molecule has 37 heavy (non-hydrogen) atoms. The molecule has 0 heterocycles. The summed E-state index contributed by atoms with van der Waals surface area (Å²) >= 11 is 0. The van der Waals surface area contributed by atoms with Gasteiger partial charge in [0.05, 0.1) is 0 Å². The molecule has 2 N–H and O–H groups in total. The van der Waals surface area contributed by atoms with Crippen LogP contribution in [0.5, 0.6) is 0 Å². The lowest BCUT2D eigenvalue weighted by atomic mass is 9.92. The number of aryl methyl sites for hydroxylation is 1. The molecular weight excluding hydrogens is 448 g/mol. The van der Waals surface area contributed by atoms with E-state index in [9.17, 15) is 0 Å². The Bertz CT molecular complexity index is 1590. The third-order valence-electron chi connectivity index (χ3n) is 7.50. The number of hydrogen-bond acceptors (Lipinski definition) is 2. The van der Waals surface area contributed by atoms with Crippen LogP contribution in [0.15, 0.2) is 109 Å². The lowest BCUT2D eigenvalue weighted by Crippen LogP contribution is -2.16. The van der Waals surface area contributed by atoms with Gasteiger partial charge in [0.25, 0.3) is 0 Å². The molecule has 2 heteroatoms. The largest absolute Gasteiger partial charge is 0.313 e. The molecule has 0 aliphatic rings. The minimum atomic E-state index is 0.859. The van der Waals surface area contributed by atoms with Crippen molar-refractivity contribution in [3.8, 4) is 0 Å². The summed E-state index contributed by atoms with van der Waals surface area (Å²) in [6.07, 6.45) is 3.59. The normalized spacial score (nSPS) is 11.7. The van der Waals surface area contributed by atoms with Crippen LogP contribution >= 0.6 is 0 Å². The van der Waals surface area contributed by atoms with Crippen LogP contribution in [0.3, 0.4) is 0 Å². The van der Waals surface area contributed by atoms with Crippen molar-refractivity contribution >= 4 is 32.3 Å². The molecule has 6 aromatic rings. The molecule has 0 fully saturated rings. The molecule has 0 aliphatic heterocycles. The summed E-state index contributed by atoms with van der Waals surface area (Å²) in [5, 5.41) is 15.4. The molecule has 2 nitrogen and oxygen atoms in total. The fraction of sp³-hybridized carbons (Fsp3) is 0.200. The zero-order valence-corrected chi connectivity index (χ0v) is 21.3. The first kappa shape index (κ1) is 23.7. The average molecular weight is 483 g/mol. The van der Waals surface area contributed by atoms with Crippen LogP contribution in [0.1, 0.15) is 35.1 Å². The Labute approximate surface area is 219 Å². The smallest absolute Gasteiger partial charge is 0.0214 e. The van der Waals surface area contributed by atoms with Crippen molar-refractivity contribution in [2.24, 2.45) is 0 Å². The van der Waals surface area contributed by atoms with E-state index in [2.05, 4.69) is 120 Å². The monoisotopic (exact) mass is 482 g/mol. The van der Waals surface area contributed by atoms with Crippen molar-refractivity contribution in [1.82, 2.24) is 10.6 Å². The van der Waals surface area contributed by atoms with Crippen LogP contribution in [0.4, 0.5) is 0 Å². The van der Waals surface area contributed by atoms with E-state index in [-0.39, 0.29) is 0 Å². The number of benzene rings is 6. The highest BCUT2D eigenvalue weighted by molar-refractivity contribution is 6.23. The van der Waals surface area contributed by atoms with E-state index in [4.69, 9.17) is 0 Å². The van der Waals surface area contributed by atoms with Gasteiger partial charge in [0.2, 0.25) is 0 Å². The first-order chi connectivity index (χ1) is 18.3. The number of nitrogens with one attached hydrogen (secondary N) is 2. The van der Waals surface area contributed by atoms with Gasteiger partial charge in [0, 0.05) is 19.6 Å². The van der Waals surface area contributed by atoms with Crippen molar-refractivity contribution in [1.29, 1.82) is 0 Å². The van der Waals surface area contributed by atoms with Crippen LogP contribution < -0.4 is 10.6 Å². The lowest BCUT2D eigenvalue weighted by Gasteiger charge is -2.14. The first-order valence-electron chi connectivity index (χ1n) is 13.5. The van der Waals surface area contributed by atoms with E-state index in [0.29, 0.717) is 0 Å². The Kier molecular flexibility index (Phi) is 7.12. The molecule has 0 unspecified atom stereocenters. The van der Waals surface area contributed by atoms with Crippen LogP contribution in [0, 0.1) is 0 Å². The number of unbranched alkanes of at least 4 members (excludes halogenated alkanes) is 1. The third-order valence-corrected chi connectivity index (χ3v) is 7.50. The molecule has 6 aromatic carbocycles. The second kappa shape index (κ2) is 11.1. The Balaban J connectivity index is 1.03. The number of rotatable bonds is 11.